The molecule has 4 rings (SSSR count). The molecule has 1 amide bonds. The van der Waals surface area contributed by atoms with Crippen LogP contribution in [0, 0.1) is 11.6 Å². The summed E-state index contributed by atoms with van der Waals surface area (Å²) >= 11 is 0. The van der Waals surface area contributed by atoms with Crippen molar-refractivity contribution >= 4 is 16.8 Å². The minimum atomic E-state index is -0.318. The quantitative estimate of drug-likeness (QED) is 0.708. The first-order valence-corrected chi connectivity index (χ1v) is 9.03. The molecule has 0 saturated carbocycles. The van der Waals surface area contributed by atoms with E-state index in [-0.39, 0.29) is 17.5 Å². The summed E-state index contributed by atoms with van der Waals surface area (Å²) in [4.78, 5) is 16.9. The van der Waals surface area contributed by atoms with E-state index in [1.807, 2.05) is 12.1 Å². The molecule has 0 radical (unpaired) electrons. The second-order valence-electron chi connectivity index (χ2n) is 6.96. The molecule has 2 heterocycles. The molecule has 2 aromatic carbocycles. The predicted octanol–water partition coefficient (Wildman–Crippen LogP) is 3.41. The predicted molar refractivity (Wildman–Crippen MR) is 100 cm³/mol. The van der Waals surface area contributed by atoms with E-state index in [0.29, 0.717) is 36.2 Å². The summed E-state index contributed by atoms with van der Waals surface area (Å²) < 4.78 is 29.1. The van der Waals surface area contributed by atoms with Crippen molar-refractivity contribution in [2.45, 2.75) is 6.54 Å². The van der Waals surface area contributed by atoms with E-state index in [1.165, 1.54) is 12.1 Å². The summed E-state index contributed by atoms with van der Waals surface area (Å²) in [6.07, 6.45) is 0. The largest absolute Gasteiger partial charge is 0.340 e. The Kier molecular flexibility index (Phi) is 4.66. The number of amides is 1. The molecule has 0 spiro atoms. The van der Waals surface area contributed by atoms with Crippen molar-refractivity contribution in [1.29, 1.82) is 0 Å². The molecule has 1 saturated heterocycles. The van der Waals surface area contributed by atoms with Gasteiger partial charge in [0.1, 0.15) is 17.3 Å². The Morgan fingerprint density at radius 3 is 2.44 bits per heavy atom. The van der Waals surface area contributed by atoms with Crippen LogP contribution in [0.5, 0.6) is 0 Å². The van der Waals surface area contributed by atoms with E-state index in [1.54, 1.807) is 40.8 Å². The molecule has 140 valence electrons. The zero-order valence-electron chi connectivity index (χ0n) is 15.2. The van der Waals surface area contributed by atoms with Crippen molar-refractivity contribution in [2.75, 3.05) is 26.2 Å². The van der Waals surface area contributed by atoms with Crippen LogP contribution in [-0.2, 0) is 13.6 Å². The van der Waals surface area contributed by atoms with Crippen molar-refractivity contribution in [2.24, 2.45) is 7.05 Å². The Hall–Kier alpha value is -2.73. The van der Waals surface area contributed by atoms with E-state index in [9.17, 15) is 13.6 Å². The fraction of sp³-hybridized carbons (Fsp3) is 0.286. The summed E-state index contributed by atoms with van der Waals surface area (Å²) in [5.41, 5.74) is 2.13. The van der Waals surface area contributed by atoms with Crippen LogP contribution in [0.1, 0.15) is 16.1 Å². The molecule has 1 aromatic heterocycles. The van der Waals surface area contributed by atoms with Crippen LogP contribution in [0.4, 0.5) is 8.78 Å². The molecule has 6 heteroatoms. The van der Waals surface area contributed by atoms with Crippen LogP contribution >= 0.6 is 0 Å². The van der Waals surface area contributed by atoms with Gasteiger partial charge >= 0.3 is 0 Å². The van der Waals surface area contributed by atoms with Gasteiger partial charge in [-0.05, 0) is 35.9 Å². The normalized spacial score (nSPS) is 15.4. The van der Waals surface area contributed by atoms with Crippen LogP contribution in [0.3, 0.4) is 0 Å². The van der Waals surface area contributed by atoms with Gasteiger partial charge in [0.25, 0.3) is 5.91 Å². The van der Waals surface area contributed by atoms with Crippen molar-refractivity contribution in [3.8, 4) is 0 Å². The van der Waals surface area contributed by atoms with E-state index in [4.69, 9.17) is 0 Å². The minimum Gasteiger partial charge on any atom is -0.340 e. The number of benzene rings is 2. The third-order valence-corrected chi connectivity index (χ3v) is 5.21. The number of carbonyl (C=O) groups is 1. The van der Waals surface area contributed by atoms with Crippen LogP contribution in [0.25, 0.3) is 10.9 Å². The average molecular weight is 369 g/mol. The highest BCUT2D eigenvalue weighted by Crippen LogP contribution is 2.23. The molecule has 4 nitrogen and oxygen atoms in total. The summed E-state index contributed by atoms with van der Waals surface area (Å²) in [5.74, 6) is -0.634. The number of nitrogens with zero attached hydrogens (tertiary/aromatic N) is 3. The number of piperazine rings is 1. The van der Waals surface area contributed by atoms with Gasteiger partial charge in [0.2, 0.25) is 0 Å². The lowest BCUT2D eigenvalue weighted by Gasteiger charge is -2.34. The number of fused-ring (bicyclic) bond motifs is 1. The summed E-state index contributed by atoms with van der Waals surface area (Å²) in [5, 5.41) is 0.466. The molecule has 27 heavy (non-hydrogen) atoms. The summed E-state index contributed by atoms with van der Waals surface area (Å²) in [6, 6.07) is 13.1. The first kappa shape index (κ1) is 17.7. The third kappa shape index (κ3) is 3.45. The molecular weight excluding hydrogens is 348 g/mol. The lowest BCUT2D eigenvalue weighted by Crippen LogP contribution is -2.48. The smallest absolute Gasteiger partial charge is 0.270 e. The highest BCUT2D eigenvalue weighted by Gasteiger charge is 2.25. The van der Waals surface area contributed by atoms with Crippen molar-refractivity contribution in [3.05, 3.63) is 71.4 Å². The van der Waals surface area contributed by atoms with Crippen molar-refractivity contribution in [1.82, 2.24) is 14.4 Å². The summed E-state index contributed by atoms with van der Waals surface area (Å²) in [7, 11) is 1.79. The second-order valence-corrected chi connectivity index (χ2v) is 6.96. The Balaban J connectivity index is 1.44. The lowest BCUT2D eigenvalue weighted by atomic mass is 10.2. The molecule has 1 aliphatic heterocycles. The van der Waals surface area contributed by atoms with Gasteiger partial charge in [0.05, 0.1) is 5.52 Å². The van der Waals surface area contributed by atoms with E-state index < -0.39 is 0 Å². The third-order valence-electron chi connectivity index (χ3n) is 5.21. The number of carbonyl (C=O) groups excluding carboxylic acids is 1. The van der Waals surface area contributed by atoms with E-state index in [0.717, 1.165) is 18.7 Å². The number of aromatic nitrogens is 1. The van der Waals surface area contributed by atoms with Gasteiger partial charge in [-0.2, -0.15) is 0 Å². The zero-order chi connectivity index (χ0) is 19.0. The first-order valence-electron chi connectivity index (χ1n) is 9.03. The monoisotopic (exact) mass is 369 g/mol. The fourth-order valence-corrected chi connectivity index (χ4v) is 3.69. The topological polar surface area (TPSA) is 28.5 Å². The molecular formula is C21H21F2N3O. The van der Waals surface area contributed by atoms with Gasteiger partial charge in [-0.25, -0.2) is 8.78 Å². The van der Waals surface area contributed by atoms with Gasteiger partial charge < -0.3 is 9.47 Å². The zero-order valence-corrected chi connectivity index (χ0v) is 15.2. The number of hydrogen-bond acceptors (Lipinski definition) is 2. The molecule has 0 unspecified atom stereocenters. The van der Waals surface area contributed by atoms with Gasteiger partial charge in [0.15, 0.2) is 0 Å². The van der Waals surface area contributed by atoms with Gasteiger partial charge in [0, 0.05) is 45.2 Å². The van der Waals surface area contributed by atoms with E-state index >= 15 is 0 Å². The highest BCUT2D eigenvalue weighted by molar-refractivity contribution is 5.98. The number of aryl methyl sites for hydroxylation is 1. The second kappa shape index (κ2) is 7.12. The Morgan fingerprint density at radius 1 is 1.00 bits per heavy atom. The molecule has 0 aliphatic carbocycles. The van der Waals surface area contributed by atoms with Crippen LogP contribution < -0.4 is 0 Å². The van der Waals surface area contributed by atoms with Crippen LogP contribution in [-0.4, -0.2) is 46.5 Å². The number of hydrogen-bond donors (Lipinski definition) is 0. The molecule has 0 N–H and O–H groups in total. The number of rotatable bonds is 3. The molecule has 0 atom stereocenters. The maximum Gasteiger partial charge on any atom is 0.270 e. The van der Waals surface area contributed by atoms with Crippen molar-refractivity contribution < 1.29 is 13.6 Å². The van der Waals surface area contributed by atoms with Gasteiger partial charge in [-0.1, -0.05) is 18.2 Å². The van der Waals surface area contributed by atoms with Crippen LogP contribution in [0.15, 0.2) is 48.5 Å². The SMILES string of the molecule is Cn1c(C(=O)N2CCN(Cc3cccc(F)c3)CC2)cc2c(F)cccc21. The molecule has 1 fully saturated rings. The molecule has 1 aliphatic rings. The van der Waals surface area contributed by atoms with Crippen molar-refractivity contribution in [3.63, 3.8) is 0 Å². The first-order chi connectivity index (χ1) is 13.0. The average Bonchev–Trinajstić information content (AvgIpc) is 3.00. The lowest BCUT2D eigenvalue weighted by molar-refractivity contribution is 0.0619. The summed E-state index contributed by atoms with van der Waals surface area (Å²) in [6.45, 7) is 3.30. The van der Waals surface area contributed by atoms with Crippen LogP contribution in [0.2, 0.25) is 0 Å². The van der Waals surface area contributed by atoms with Gasteiger partial charge in [-0.3, -0.25) is 9.69 Å². The Morgan fingerprint density at radius 2 is 1.74 bits per heavy atom. The number of halogens is 2. The maximum atomic E-state index is 14.0. The maximum absolute atomic E-state index is 14.0. The molecule has 3 aromatic rings. The Labute approximate surface area is 156 Å². The standard InChI is InChI=1S/C21H21F2N3O/c1-24-19-7-3-6-18(23)17(19)13-20(24)21(27)26-10-8-25(9-11-26)14-15-4-2-5-16(22)12-15/h2-7,12-13H,8-11,14H2,1H3. The van der Waals surface area contributed by atoms with Gasteiger partial charge in [-0.15, -0.1) is 0 Å². The molecule has 0 bridgehead atoms. The highest BCUT2D eigenvalue weighted by atomic mass is 19.1. The van der Waals surface area contributed by atoms with E-state index in [2.05, 4.69) is 4.90 Å². The fourth-order valence-electron chi connectivity index (χ4n) is 3.69. The minimum absolute atomic E-state index is 0.0847. The Bertz CT molecular complexity index is 990.